The highest BCUT2D eigenvalue weighted by molar-refractivity contribution is 6.31. The zero-order chi connectivity index (χ0) is 16.2. The van der Waals surface area contributed by atoms with E-state index < -0.39 is 5.41 Å². The van der Waals surface area contributed by atoms with E-state index in [1.54, 1.807) is 0 Å². The summed E-state index contributed by atoms with van der Waals surface area (Å²) >= 11 is 6.37. The van der Waals surface area contributed by atoms with Gasteiger partial charge in [0.25, 0.3) is 0 Å². The number of amides is 1. The van der Waals surface area contributed by atoms with Crippen molar-refractivity contribution >= 4 is 17.5 Å². The Morgan fingerprint density at radius 1 is 1.32 bits per heavy atom. The van der Waals surface area contributed by atoms with Gasteiger partial charge in [-0.1, -0.05) is 50.6 Å². The largest absolute Gasteiger partial charge is 0.379 e. The van der Waals surface area contributed by atoms with Gasteiger partial charge in [0.15, 0.2) is 0 Å². The number of nitrogens with one attached hydrogen (secondary N) is 1. The summed E-state index contributed by atoms with van der Waals surface area (Å²) in [6.07, 6.45) is 0. The predicted molar refractivity (Wildman–Crippen MR) is 89.0 cm³/mol. The van der Waals surface area contributed by atoms with Gasteiger partial charge >= 0.3 is 0 Å². The lowest BCUT2D eigenvalue weighted by atomic mass is 9.95. The van der Waals surface area contributed by atoms with Gasteiger partial charge in [-0.05, 0) is 11.6 Å². The molecule has 0 aliphatic carbocycles. The second-order valence-corrected chi connectivity index (χ2v) is 7.05. The molecule has 1 saturated heterocycles. The third-order valence-electron chi connectivity index (χ3n) is 3.89. The molecule has 1 N–H and O–H groups in total. The molecule has 0 radical (unpaired) electrons. The molecule has 5 heteroatoms. The Morgan fingerprint density at radius 3 is 2.55 bits per heavy atom. The van der Waals surface area contributed by atoms with E-state index in [0.717, 1.165) is 23.7 Å². The molecule has 0 bridgehead atoms. The molecule has 1 amide bonds. The highest BCUT2D eigenvalue weighted by atomic mass is 35.5. The third-order valence-corrected chi connectivity index (χ3v) is 4.23. The summed E-state index contributed by atoms with van der Waals surface area (Å²) in [4.78, 5) is 14.5. The number of morpholine rings is 1. The second-order valence-electron chi connectivity index (χ2n) is 6.65. The molecular weight excluding hydrogens is 300 g/mol. The Bertz CT molecular complexity index is 508. The number of halogens is 1. The molecule has 0 unspecified atom stereocenters. The minimum absolute atomic E-state index is 0.0535. The topological polar surface area (TPSA) is 41.6 Å². The molecule has 1 aromatic rings. The molecular formula is C17H25ClN2O2. The van der Waals surface area contributed by atoms with Gasteiger partial charge < -0.3 is 10.1 Å². The van der Waals surface area contributed by atoms with E-state index >= 15 is 0 Å². The van der Waals surface area contributed by atoms with E-state index in [-0.39, 0.29) is 11.9 Å². The van der Waals surface area contributed by atoms with Crippen molar-refractivity contribution in [3.63, 3.8) is 0 Å². The average Bonchev–Trinajstić information content (AvgIpc) is 2.49. The number of benzene rings is 1. The maximum atomic E-state index is 12.2. The number of carbonyl (C=O) groups excluding carboxylic acids is 1. The van der Waals surface area contributed by atoms with E-state index in [9.17, 15) is 4.79 Å². The van der Waals surface area contributed by atoms with Crippen molar-refractivity contribution in [3.8, 4) is 0 Å². The molecule has 4 nitrogen and oxygen atoms in total. The monoisotopic (exact) mass is 324 g/mol. The van der Waals surface area contributed by atoms with Gasteiger partial charge in [0, 0.05) is 30.1 Å². The Kier molecular flexibility index (Phi) is 5.84. The Hall–Kier alpha value is -1.10. The molecule has 1 aliphatic heterocycles. The van der Waals surface area contributed by atoms with Crippen molar-refractivity contribution < 1.29 is 9.53 Å². The molecule has 1 heterocycles. The van der Waals surface area contributed by atoms with Crippen LogP contribution in [-0.2, 0) is 9.53 Å². The molecule has 1 fully saturated rings. The first-order valence-electron chi connectivity index (χ1n) is 7.74. The van der Waals surface area contributed by atoms with Crippen LogP contribution in [0.15, 0.2) is 24.3 Å². The highest BCUT2D eigenvalue weighted by Crippen LogP contribution is 2.28. The summed E-state index contributed by atoms with van der Waals surface area (Å²) in [5.74, 6) is 0.0535. The van der Waals surface area contributed by atoms with E-state index in [4.69, 9.17) is 16.3 Å². The summed E-state index contributed by atoms with van der Waals surface area (Å²) in [5.41, 5.74) is 0.663. The number of nitrogens with zero attached hydrogens (tertiary/aromatic N) is 1. The Labute approximate surface area is 137 Å². The van der Waals surface area contributed by atoms with Crippen LogP contribution in [0.4, 0.5) is 0 Å². The van der Waals surface area contributed by atoms with Gasteiger partial charge in [-0.25, -0.2) is 0 Å². The molecule has 1 aromatic carbocycles. The zero-order valence-electron chi connectivity index (χ0n) is 13.6. The molecule has 0 spiro atoms. The Balaban J connectivity index is 2.15. The third kappa shape index (κ3) is 4.45. The van der Waals surface area contributed by atoms with E-state index in [0.29, 0.717) is 19.8 Å². The second kappa shape index (κ2) is 7.44. The summed E-state index contributed by atoms with van der Waals surface area (Å²) in [6, 6.07) is 7.92. The van der Waals surface area contributed by atoms with Crippen LogP contribution in [0, 0.1) is 5.41 Å². The average molecular weight is 325 g/mol. The molecule has 2 rings (SSSR count). The summed E-state index contributed by atoms with van der Waals surface area (Å²) in [6.45, 7) is 9.44. The zero-order valence-corrected chi connectivity index (χ0v) is 14.3. The summed E-state index contributed by atoms with van der Waals surface area (Å²) < 4.78 is 5.43. The van der Waals surface area contributed by atoms with E-state index in [1.807, 2.05) is 45.0 Å². The fourth-order valence-corrected chi connectivity index (χ4v) is 2.79. The lowest BCUT2D eigenvalue weighted by molar-refractivity contribution is -0.128. The minimum atomic E-state index is -0.393. The van der Waals surface area contributed by atoms with Gasteiger partial charge in [-0.3, -0.25) is 9.69 Å². The van der Waals surface area contributed by atoms with Crippen molar-refractivity contribution in [1.82, 2.24) is 10.2 Å². The number of hydrogen-bond donors (Lipinski definition) is 1. The van der Waals surface area contributed by atoms with Crippen LogP contribution < -0.4 is 5.32 Å². The van der Waals surface area contributed by atoms with Crippen LogP contribution >= 0.6 is 11.6 Å². The Morgan fingerprint density at radius 2 is 1.95 bits per heavy atom. The number of ether oxygens (including phenoxy) is 1. The van der Waals surface area contributed by atoms with Crippen molar-refractivity contribution in [3.05, 3.63) is 34.9 Å². The van der Waals surface area contributed by atoms with Crippen LogP contribution in [-0.4, -0.2) is 43.7 Å². The molecule has 22 heavy (non-hydrogen) atoms. The van der Waals surface area contributed by atoms with Crippen LogP contribution in [0.3, 0.4) is 0 Å². The van der Waals surface area contributed by atoms with Gasteiger partial charge in [-0.15, -0.1) is 0 Å². The van der Waals surface area contributed by atoms with Crippen LogP contribution in [0.5, 0.6) is 0 Å². The lowest BCUT2D eigenvalue weighted by Crippen LogP contribution is -2.45. The van der Waals surface area contributed by atoms with Crippen molar-refractivity contribution in [2.24, 2.45) is 5.41 Å². The van der Waals surface area contributed by atoms with E-state index in [1.165, 1.54) is 0 Å². The van der Waals surface area contributed by atoms with Gasteiger partial charge in [0.05, 0.1) is 19.3 Å². The molecule has 1 aliphatic rings. The highest BCUT2D eigenvalue weighted by Gasteiger charge is 2.27. The lowest BCUT2D eigenvalue weighted by Gasteiger charge is -2.35. The smallest absolute Gasteiger partial charge is 0.225 e. The normalized spacial score (nSPS) is 18.0. The SMILES string of the molecule is CC(C)(C)C(=O)NC[C@@H](c1ccccc1Cl)N1CCOCC1. The standard InChI is InChI=1S/C17H25ClN2O2/c1-17(2,3)16(21)19-12-15(20-8-10-22-11-9-20)13-6-4-5-7-14(13)18/h4-7,15H,8-12H2,1-3H3,(H,19,21)/t15-/m0/s1. The maximum Gasteiger partial charge on any atom is 0.225 e. The minimum Gasteiger partial charge on any atom is -0.379 e. The van der Waals surface area contributed by atoms with Crippen LogP contribution in [0.25, 0.3) is 0 Å². The number of rotatable bonds is 4. The number of carbonyl (C=O) groups is 1. The van der Waals surface area contributed by atoms with Gasteiger partial charge in [-0.2, -0.15) is 0 Å². The van der Waals surface area contributed by atoms with Crippen molar-refractivity contribution in [2.45, 2.75) is 26.8 Å². The first kappa shape index (κ1) is 17.3. The van der Waals surface area contributed by atoms with Crippen molar-refractivity contribution in [1.29, 1.82) is 0 Å². The molecule has 0 aromatic heterocycles. The van der Waals surface area contributed by atoms with Crippen LogP contribution in [0.1, 0.15) is 32.4 Å². The fraction of sp³-hybridized carbons (Fsp3) is 0.588. The van der Waals surface area contributed by atoms with Gasteiger partial charge in [0.2, 0.25) is 5.91 Å². The summed E-state index contributed by atoms with van der Waals surface area (Å²) in [7, 11) is 0. The fourth-order valence-electron chi connectivity index (χ4n) is 2.52. The first-order valence-corrected chi connectivity index (χ1v) is 8.12. The van der Waals surface area contributed by atoms with E-state index in [2.05, 4.69) is 10.2 Å². The maximum absolute atomic E-state index is 12.2. The number of hydrogen-bond acceptors (Lipinski definition) is 3. The molecule has 0 saturated carbocycles. The molecule has 1 atom stereocenters. The first-order chi connectivity index (χ1) is 10.4. The summed E-state index contributed by atoms with van der Waals surface area (Å²) in [5, 5.41) is 3.81. The van der Waals surface area contributed by atoms with Gasteiger partial charge in [0.1, 0.15) is 0 Å². The van der Waals surface area contributed by atoms with Crippen LogP contribution in [0.2, 0.25) is 5.02 Å². The predicted octanol–water partition coefficient (Wildman–Crippen LogP) is 2.88. The molecule has 122 valence electrons. The van der Waals surface area contributed by atoms with Crippen molar-refractivity contribution in [2.75, 3.05) is 32.8 Å². The quantitative estimate of drug-likeness (QED) is 0.926.